The summed E-state index contributed by atoms with van der Waals surface area (Å²) in [6, 6.07) is 0. The molecule has 1 aliphatic carbocycles. The van der Waals surface area contributed by atoms with Gasteiger partial charge < -0.3 is 39.9 Å². The van der Waals surface area contributed by atoms with E-state index in [1.807, 2.05) is 24.3 Å². The van der Waals surface area contributed by atoms with Crippen molar-refractivity contribution in [2.45, 2.75) is 172 Å². The van der Waals surface area contributed by atoms with Gasteiger partial charge in [0.25, 0.3) is 0 Å². The Morgan fingerprint density at radius 2 is 0.949 bits per heavy atom. The smallest absolute Gasteiger partial charge is 0.462 e. The number of allylic oxidation sites excluding steroid dienone is 14. The van der Waals surface area contributed by atoms with Gasteiger partial charge in [0.15, 0.2) is 6.10 Å². The van der Waals surface area contributed by atoms with Crippen LogP contribution in [0.3, 0.4) is 0 Å². The number of aliphatic hydroxyl groups is 5. The second-order valence-corrected chi connectivity index (χ2v) is 15.8. The number of carbonyl (C=O) groups excluding carboxylic acids is 2. The van der Waals surface area contributed by atoms with Gasteiger partial charge in [0.2, 0.25) is 0 Å². The third-order valence-corrected chi connectivity index (χ3v) is 10.2. The van der Waals surface area contributed by atoms with Crippen LogP contribution in [0, 0.1) is 0 Å². The third kappa shape index (κ3) is 27.5. The molecule has 0 aromatic carbocycles. The Hall–Kier alpha value is -2.97. The molecule has 0 aromatic heterocycles. The highest BCUT2D eigenvalue weighted by atomic mass is 31.2. The molecule has 0 saturated heterocycles. The number of phosphoric acid groups is 1. The fourth-order valence-corrected chi connectivity index (χ4v) is 6.82. The topological polar surface area (TPSA) is 210 Å². The summed E-state index contributed by atoms with van der Waals surface area (Å²) in [5.41, 5.74) is 0. The summed E-state index contributed by atoms with van der Waals surface area (Å²) in [5.74, 6) is -1.22. The predicted molar refractivity (Wildman–Crippen MR) is 230 cm³/mol. The van der Waals surface area contributed by atoms with Crippen LogP contribution in [0.5, 0.6) is 0 Å². The zero-order valence-corrected chi connectivity index (χ0v) is 36.1. The Kier molecular flexibility index (Phi) is 31.8. The van der Waals surface area contributed by atoms with Crippen molar-refractivity contribution in [2.75, 3.05) is 13.2 Å². The first-order chi connectivity index (χ1) is 28.4. The quantitative estimate of drug-likeness (QED) is 0.0162. The SMILES string of the molecule is CC/C=C\C/C=C\C/C=C\C/C=C\CCC(=O)OC(COC(=O)CCCCCCCCC/C=C\C/C=C\C/C=C\CC)COP(=O)(O)OC1C(O)C(O)C(O)C(O)C1O. The molecule has 1 saturated carbocycles. The van der Waals surface area contributed by atoms with Crippen molar-refractivity contribution in [1.82, 2.24) is 0 Å². The van der Waals surface area contributed by atoms with E-state index in [9.17, 15) is 44.6 Å². The van der Waals surface area contributed by atoms with Crippen LogP contribution in [-0.2, 0) is 32.7 Å². The van der Waals surface area contributed by atoms with Crippen LogP contribution in [0.15, 0.2) is 85.1 Å². The van der Waals surface area contributed by atoms with Gasteiger partial charge in [-0.05, 0) is 70.6 Å². The van der Waals surface area contributed by atoms with Crippen molar-refractivity contribution in [3.05, 3.63) is 85.1 Å². The number of carbonyl (C=O) groups is 2. The lowest BCUT2D eigenvalue weighted by Gasteiger charge is -2.41. The zero-order chi connectivity index (χ0) is 43.6. The third-order valence-electron chi connectivity index (χ3n) is 9.25. The molecule has 0 bridgehead atoms. The summed E-state index contributed by atoms with van der Waals surface area (Å²) in [5, 5.41) is 50.0. The highest BCUT2D eigenvalue weighted by molar-refractivity contribution is 7.47. The standard InChI is InChI=1S/C45H73O13P/c1-3-5-7-9-11-13-15-17-18-19-20-22-23-25-27-29-31-33-38(46)55-35-37(36-56-59(53,54)58-45-43(51)41(49)40(48)42(50)44(45)52)57-39(47)34-32-30-28-26-24-21-16-14-12-10-8-6-4-2/h5-8,11-14,17-18,21,24,28,30,37,40-45,48-52H,3-4,9-10,15-16,19-20,22-23,25-27,29,31-36H2,1-2H3,(H,53,54)/b7-5-,8-6-,13-11-,14-12-,18-17-,24-21-,30-28-. The fourth-order valence-electron chi connectivity index (χ4n) is 5.84. The lowest BCUT2D eigenvalue weighted by molar-refractivity contribution is -0.220. The summed E-state index contributed by atoms with van der Waals surface area (Å²) < 4.78 is 33.3. The second kappa shape index (κ2) is 34.7. The minimum atomic E-state index is -5.14. The molecule has 14 heteroatoms. The normalized spacial score (nSPS) is 23.2. The van der Waals surface area contributed by atoms with Gasteiger partial charge in [-0.3, -0.25) is 18.6 Å². The summed E-state index contributed by atoms with van der Waals surface area (Å²) in [6.07, 6.45) is 30.9. The van der Waals surface area contributed by atoms with E-state index in [0.717, 1.165) is 83.5 Å². The molecule has 0 aromatic rings. The molecule has 336 valence electrons. The van der Waals surface area contributed by atoms with E-state index in [1.165, 1.54) is 0 Å². The Labute approximate surface area is 352 Å². The van der Waals surface area contributed by atoms with E-state index in [1.54, 1.807) is 0 Å². The number of unbranched alkanes of at least 4 members (excludes halogenated alkanes) is 7. The highest BCUT2D eigenvalue weighted by Crippen LogP contribution is 2.47. The van der Waals surface area contributed by atoms with Crippen LogP contribution in [-0.4, -0.2) is 98.3 Å². The highest BCUT2D eigenvalue weighted by Gasteiger charge is 2.51. The molecule has 0 heterocycles. The number of esters is 2. The van der Waals surface area contributed by atoms with E-state index < -0.39 is 75.7 Å². The van der Waals surface area contributed by atoms with E-state index >= 15 is 0 Å². The first kappa shape index (κ1) is 54.0. The minimum absolute atomic E-state index is 0.0315. The van der Waals surface area contributed by atoms with Crippen LogP contribution in [0.1, 0.15) is 129 Å². The molecule has 6 N–H and O–H groups in total. The number of phosphoric ester groups is 1. The maximum atomic E-state index is 12.8. The number of hydrogen-bond donors (Lipinski definition) is 6. The number of aliphatic hydroxyl groups excluding tert-OH is 5. The van der Waals surface area contributed by atoms with Crippen LogP contribution in [0.25, 0.3) is 0 Å². The number of ether oxygens (including phenoxy) is 2. The van der Waals surface area contributed by atoms with Crippen molar-refractivity contribution in [1.29, 1.82) is 0 Å². The van der Waals surface area contributed by atoms with Gasteiger partial charge in [0.05, 0.1) is 6.61 Å². The molecule has 0 spiro atoms. The van der Waals surface area contributed by atoms with E-state index in [-0.39, 0.29) is 12.8 Å². The van der Waals surface area contributed by atoms with Gasteiger partial charge in [-0.1, -0.05) is 131 Å². The zero-order valence-electron chi connectivity index (χ0n) is 35.3. The maximum absolute atomic E-state index is 12.8. The molecule has 0 aliphatic heterocycles. The van der Waals surface area contributed by atoms with Crippen molar-refractivity contribution in [3.8, 4) is 0 Å². The summed E-state index contributed by atoms with van der Waals surface area (Å²) >= 11 is 0. The molecule has 6 unspecified atom stereocenters. The molecule has 59 heavy (non-hydrogen) atoms. The summed E-state index contributed by atoms with van der Waals surface area (Å²) in [7, 11) is -5.14. The van der Waals surface area contributed by atoms with E-state index in [4.69, 9.17) is 18.5 Å². The predicted octanol–water partition coefficient (Wildman–Crippen LogP) is 7.72. The minimum Gasteiger partial charge on any atom is -0.462 e. The number of hydrogen-bond acceptors (Lipinski definition) is 12. The average Bonchev–Trinajstić information content (AvgIpc) is 3.21. The van der Waals surface area contributed by atoms with Crippen LogP contribution in [0.2, 0.25) is 0 Å². The van der Waals surface area contributed by atoms with Crippen LogP contribution in [0.4, 0.5) is 0 Å². The molecule has 1 rings (SSSR count). The molecule has 1 fully saturated rings. The van der Waals surface area contributed by atoms with Crippen LogP contribution < -0.4 is 0 Å². The van der Waals surface area contributed by atoms with Crippen molar-refractivity contribution < 1.29 is 63.1 Å². The molecule has 0 radical (unpaired) electrons. The molecular formula is C45H73O13P. The fraction of sp³-hybridized carbons (Fsp3) is 0.644. The van der Waals surface area contributed by atoms with Crippen molar-refractivity contribution >= 4 is 19.8 Å². The second-order valence-electron chi connectivity index (χ2n) is 14.4. The van der Waals surface area contributed by atoms with Crippen molar-refractivity contribution in [3.63, 3.8) is 0 Å². The van der Waals surface area contributed by atoms with Crippen molar-refractivity contribution in [2.24, 2.45) is 0 Å². The lowest BCUT2D eigenvalue weighted by Crippen LogP contribution is -2.64. The first-order valence-electron chi connectivity index (χ1n) is 21.4. The van der Waals surface area contributed by atoms with Gasteiger partial charge in [0, 0.05) is 12.8 Å². The van der Waals surface area contributed by atoms with Gasteiger partial charge in [-0.15, -0.1) is 0 Å². The molecule has 6 atom stereocenters. The molecule has 0 amide bonds. The monoisotopic (exact) mass is 852 g/mol. The molecular weight excluding hydrogens is 779 g/mol. The van der Waals surface area contributed by atoms with Gasteiger partial charge >= 0.3 is 19.8 Å². The van der Waals surface area contributed by atoms with Gasteiger partial charge in [-0.25, -0.2) is 4.57 Å². The first-order valence-corrected chi connectivity index (χ1v) is 22.9. The summed E-state index contributed by atoms with van der Waals surface area (Å²) in [6.45, 7) is 2.97. The Bertz CT molecular complexity index is 1360. The average molecular weight is 853 g/mol. The Morgan fingerprint density at radius 1 is 0.525 bits per heavy atom. The van der Waals surface area contributed by atoms with Crippen LogP contribution >= 0.6 is 7.82 Å². The van der Waals surface area contributed by atoms with E-state index in [2.05, 4.69) is 74.6 Å². The lowest BCUT2D eigenvalue weighted by atomic mass is 9.85. The van der Waals surface area contributed by atoms with Gasteiger partial charge in [-0.2, -0.15) is 0 Å². The summed E-state index contributed by atoms with van der Waals surface area (Å²) in [4.78, 5) is 35.6. The number of rotatable bonds is 33. The Morgan fingerprint density at radius 3 is 1.46 bits per heavy atom. The van der Waals surface area contributed by atoms with E-state index in [0.29, 0.717) is 19.3 Å². The maximum Gasteiger partial charge on any atom is 0.472 e. The molecule has 1 aliphatic rings. The Balaban J connectivity index is 2.53. The largest absolute Gasteiger partial charge is 0.472 e. The van der Waals surface area contributed by atoms with Gasteiger partial charge in [0.1, 0.15) is 43.2 Å². The molecule has 13 nitrogen and oxygen atoms in total.